The summed E-state index contributed by atoms with van der Waals surface area (Å²) in [5, 5.41) is 27.2. The Morgan fingerprint density at radius 3 is 2.11 bits per heavy atom. The van der Waals surface area contributed by atoms with Gasteiger partial charge in [-0.2, -0.15) is 13.2 Å². The smallest absolute Gasteiger partial charge is 0.476 e. The Morgan fingerprint density at radius 2 is 1.63 bits per heavy atom. The Bertz CT molecular complexity index is 650. The lowest BCUT2D eigenvalue weighted by atomic mass is 9.65. The van der Waals surface area contributed by atoms with Gasteiger partial charge in [0.1, 0.15) is 0 Å². The Kier molecular flexibility index (Phi) is 7.12. The molecule has 7 nitrogen and oxygen atoms in total. The Morgan fingerprint density at radius 1 is 1.07 bits per heavy atom. The van der Waals surface area contributed by atoms with Crippen LogP contribution in [0.25, 0.3) is 0 Å². The first-order valence-electron chi connectivity index (χ1n) is 8.74. The van der Waals surface area contributed by atoms with Crippen LogP contribution in [0.5, 0.6) is 0 Å². The number of carboxylic acids is 2. The van der Waals surface area contributed by atoms with Gasteiger partial charge in [-0.15, -0.1) is 5.10 Å². The van der Waals surface area contributed by atoms with Crippen molar-refractivity contribution in [3.05, 3.63) is 5.69 Å². The molecule has 2 aliphatic rings. The normalized spacial score (nSPS) is 20.0. The number of aliphatic carboxylic acids is 1. The third kappa shape index (κ3) is 6.12. The van der Waals surface area contributed by atoms with Crippen molar-refractivity contribution in [2.45, 2.75) is 74.2 Å². The fraction of sp³-hybridized carbons (Fsp3) is 0.750. The van der Waals surface area contributed by atoms with E-state index in [4.69, 9.17) is 15.0 Å². The molecule has 0 aliphatic heterocycles. The molecule has 0 aromatic carbocycles. The molecule has 2 aliphatic carbocycles. The van der Waals surface area contributed by atoms with Crippen LogP contribution in [0, 0.1) is 5.41 Å². The Hall–Kier alpha value is -1.78. The molecule has 1 aromatic heterocycles. The number of H-pyrrole nitrogens is 1. The molecule has 0 amide bonds. The molecule has 3 rings (SSSR count). The molecule has 2 saturated carbocycles. The number of carbonyl (C=O) groups is 2. The molecule has 0 radical (unpaired) electrons. The lowest BCUT2D eigenvalue weighted by molar-refractivity contribution is -0.192. The van der Waals surface area contributed by atoms with Crippen LogP contribution in [0.3, 0.4) is 0 Å². The van der Waals surface area contributed by atoms with Crippen LogP contribution in [0.15, 0.2) is 5.03 Å². The quantitative estimate of drug-likeness (QED) is 0.687. The van der Waals surface area contributed by atoms with E-state index in [2.05, 4.69) is 15.4 Å². The van der Waals surface area contributed by atoms with Gasteiger partial charge < -0.3 is 10.2 Å². The fourth-order valence-electron chi connectivity index (χ4n) is 3.72. The lowest BCUT2D eigenvalue weighted by Gasteiger charge is -2.42. The second-order valence-corrected chi connectivity index (χ2v) is 8.27. The third-order valence-corrected chi connectivity index (χ3v) is 6.47. The van der Waals surface area contributed by atoms with E-state index in [0.717, 1.165) is 0 Å². The standard InChI is InChI=1S/C14H21N3O2S.C2HF3O2/c18-13(19)11-12(16-17-15-11)20-10-4-8-14(9-5-10)6-2-1-3-7-14;3-2(4,5)1(6)7/h10H,1-9H2,(H,18,19)(H,15,16,17);(H,6,7). The average molecular weight is 409 g/mol. The van der Waals surface area contributed by atoms with Crippen molar-refractivity contribution in [1.82, 2.24) is 15.4 Å². The van der Waals surface area contributed by atoms with Crippen LogP contribution < -0.4 is 0 Å². The molecular weight excluding hydrogens is 387 g/mol. The third-order valence-electron chi connectivity index (χ3n) is 5.16. The molecule has 3 N–H and O–H groups in total. The van der Waals surface area contributed by atoms with Gasteiger partial charge in [0, 0.05) is 5.25 Å². The highest BCUT2D eigenvalue weighted by molar-refractivity contribution is 7.99. The molecule has 1 aromatic rings. The molecule has 0 unspecified atom stereocenters. The van der Waals surface area contributed by atoms with E-state index in [1.807, 2.05) is 0 Å². The number of halogens is 3. The molecule has 27 heavy (non-hydrogen) atoms. The topological polar surface area (TPSA) is 116 Å². The summed E-state index contributed by atoms with van der Waals surface area (Å²) < 4.78 is 31.7. The van der Waals surface area contributed by atoms with Crippen molar-refractivity contribution in [2.24, 2.45) is 5.41 Å². The monoisotopic (exact) mass is 409 g/mol. The number of carboxylic acid groups (broad SMARTS) is 2. The molecule has 152 valence electrons. The van der Waals surface area contributed by atoms with Gasteiger partial charge in [-0.1, -0.05) is 36.2 Å². The van der Waals surface area contributed by atoms with Crippen molar-refractivity contribution >= 4 is 23.7 Å². The summed E-state index contributed by atoms with van der Waals surface area (Å²) in [4.78, 5) is 19.9. The number of aromatic carboxylic acids is 1. The van der Waals surface area contributed by atoms with Gasteiger partial charge in [0.2, 0.25) is 0 Å². The van der Waals surface area contributed by atoms with Gasteiger partial charge in [0.15, 0.2) is 10.7 Å². The molecule has 1 spiro atoms. The van der Waals surface area contributed by atoms with Crippen LogP contribution in [-0.2, 0) is 4.79 Å². The minimum absolute atomic E-state index is 0.132. The molecular formula is C16H22F3N3O4S. The van der Waals surface area contributed by atoms with Gasteiger partial charge >= 0.3 is 18.1 Å². The van der Waals surface area contributed by atoms with Crippen LogP contribution in [0.1, 0.15) is 68.3 Å². The largest absolute Gasteiger partial charge is 0.490 e. The Balaban J connectivity index is 0.000000321. The summed E-state index contributed by atoms with van der Waals surface area (Å²) in [6.45, 7) is 0. The number of aromatic amines is 1. The predicted molar refractivity (Wildman–Crippen MR) is 90.7 cm³/mol. The van der Waals surface area contributed by atoms with Gasteiger partial charge in [0.05, 0.1) is 0 Å². The van der Waals surface area contributed by atoms with E-state index in [9.17, 15) is 18.0 Å². The minimum atomic E-state index is -5.08. The van der Waals surface area contributed by atoms with E-state index in [0.29, 0.717) is 15.7 Å². The van der Waals surface area contributed by atoms with Gasteiger partial charge in [-0.3, -0.25) is 5.10 Å². The summed E-state index contributed by atoms with van der Waals surface area (Å²) >= 11 is 1.59. The van der Waals surface area contributed by atoms with E-state index in [1.54, 1.807) is 11.8 Å². The Labute approximate surface area is 158 Å². The van der Waals surface area contributed by atoms with E-state index in [1.165, 1.54) is 57.8 Å². The lowest BCUT2D eigenvalue weighted by Crippen LogP contribution is -2.30. The van der Waals surface area contributed by atoms with Crippen LogP contribution >= 0.6 is 11.8 Å². The minimum Gasteiger partial charge on any atom is -0.476 e. The summed E-state index contributed by atoms with van der Waals surface area (Å²) in [7, 11) is 0. The second-order valence-electron chi connectivity index (χ2n) is 6.98. The van der Waals surface area contributed by atoms with Crippen LogP contribution in [0.4, 0.5) is 13.2 Å². The summed E-state index contributed by atoms with van der Waals surface area (Å²) in [6.07, 6.45) is 6.85. The zero-order valence-electron chi connectivity index (χ0n) is 14.6. The maximum absolute atomic E-state index is 11.0. The zero-order valence-corrected chi connectivity index (χ0v) is 15.4. The van der Waals surface area contributed by atoms with E-state index < -0.39 is 18.1 Å². The maximum atomic E-state index is 11.0. The zero-order chi connectivity index (χ0) is 20.1. The number of hydrogen-bond acceptors (Lipinski definition) is 5. The highest BCUT2D eigenvalue weighted by atomic mass is 32.2. The highest BCUT2D eigenvalue weighted by Gasteiger charge is 2.38. The maximum Gasteiger partial charge on any atom is 0.490 e. The van der Waals surface area contributed by atoms with Crippen molar-refractivity contribution in [3.8, 4) is 0 Å². The number of nitrogens with zero attached hydrogens (tertiary/aromatic N) is 2. The first-order chi connectivity index (χ1) is 12.6. The van der Waals surface area contributed by atoms with Crippen LogP contribution in [-0.4, -0.2) is 49.0 Å². The first kappa shape index (κ1) is 21.5. The number of alkyl halides is 3. The van der Waals surface area contributed by atoms with Crippen molar-refractivity contribution in [1.29, 1.82) is 0 Å². The molecule has 1 heterocycles. The second kappa shape index (κ2) is 8.94. The number of aromatic nitrogens is 3. The SMILES string of the molecule is O=C(O)C(F)(F)F.O=C(O)c1[nH]nnc1SC1CCC2(CCCCC2)CC1. The van der Waals surface area contributed by atoms with Gasteiger partial charge in [-0.05, 0) is 43.9 Å². The molecule has 2 fully saturated rings. The number of rotatable bonds is 3. The van der Waals surface area contributed by atoms with Gasteiger partial charge in [0.25, 0.3) is 0 Å². The number of hydrogen-bond donors (Lipinski definition) is 3. The van der Waals surface area contributed by atoms with Crippen molar-refractivity contribution in [2.75, 3.05) is 0 Å². The average Bonchev–Trinajstić information content (AvgIpc) is 3.06. The highest BCUT2D eigenvalue weighted by Crippen LogP contribution is 2.50. The first-order valence-corrected chi connectivity index (χ1v) is 9.62. The van der Waals surface area contributed by atoms with Gasteiger partial charge in [-0.25, -0.2) is 9.59 Å². The molecule has 0 bridgehead atoms. The van der Waals surface area contributed by atoms with Crippen molar-refractivity contribution in [3.63, 3.8) is 0 Å². The number of thioether (sulfide) groups is 1. The number of nitrogens with one attached hydrogen (secondary N) is 1. The fourth-order valence-corrected chi connectivity index (χ4v) is 4.85. The summed E-state index contributed by atoms with van der Waals surface area (Å²) in [5.74, 6) is -3.73. The molecule has 0 atom stereocenters. The molecule has 11 heteroatoms. The summed E-state index contributed by atoms with van der Waals surface area (Å²) in [6, 6.07) is 0. The van der Waals surface area contributed by atoms with Crippen LogP contribution in [0.2, 0.25) is 0 Å². The van der Waals surface area contributed by atoms with E-state index >= 15 is 0 Å². The molecule has 0 saturated heterocycles. The van der Waals surface area contributed by atoms with E-state index in [-0.39, 0.29) is 5.69 Å². The predicted octanol–water partition coefficient (Wildman–Crippen LogP) is 4.12. The summed E-state index contributed by atoms with van der Waals surface area (Å²) in [5.41, 5.74) is 0.738. The van der Waals surface area contributed by atoms with Crippen molar-refractivity contribution < 1.29 is 33.0 Å².